The van der Waals surface area contributed by atoms with Gasteiger partial charge in [-0.15, -0.1) is 11.3 Å². The third-order valence-electron chi connectivity index (χ3n) is 5.28. The largest absolute Gasteiger partial charge is 0.383 e. The van der Waals surface area contributed by atoms with Crippen molar-refractivity contribution in [2.75, 3.05) is 19.5 Å². The molecule has 0 saturated heterocycles. The van der Waals surface area contributed by atoms with Crippen LogP contribution in [0.4, 0.5) is 0 Å². The zero-order valence-electron chi connectivity index (χ0n) is 17.0. The van der Waals surface area contributed by atoms with Gasteiger partial charge in [0.15, 0.2) is 5.16 Å². The van der Waals surface area contributed by atoms with Gasteiger partial charge in [0.05, 0.1) is 24.3 Å². The number of ether oxygens (including phenoxy) is 1. The molecule has 8 heteroatoms. The maximum atomic E-state index is 13.3. The number of hydrogen-bond acceptors (Lipinski definition) is 6. The van der Waals surface area contributed by atoms with Crippen LogP contribution in [0.2, 0.25) is 0 Å². The Kier molecular flexibility index (Phi) is 7.17. The van der Waals surface area contributed by atoms with Gasteiger partial charge in [-0.3, -0.25) is 14.2 Å². The maximum absolute atomic E-state index is 13.3. The number of carbonyl (C=O) groups excluding carboxylic acids is 1. The van der Waals surface area contributed by atoms with Gasteiger partial charge in [0.25, 0.3) is 5.56 Å². The van der Waals surface area contributed by atoms with Gasteiger partial charge in [-0.25, -0.2) is 4.98 Å². The molecule has 0 saturated carbocycles. The summed E-state index contributed by atoms with van der Waals surface area (Å²) in [6.07, 6.45) is 4.29. The number of aromatic nitrogens is 2. The van der Waals surface area contributed by atoms with Crippen LogP contribution in [0.1, 0.15) is 44.1 Å². The summed E-state index contributed by atoms with van der Waals surface area (Å²) in [6.45, 7) is 7.03. The Hall–Kier alpha value is -1.38. The molecule has 1 atom stereocenters. The van der Waals surface area contributed by atoms with Crippen LogP contribution in [-0.4, -0.2) is 41.0 Å². The third kappa shape index (κ3) is 4.60. The molecular formula is C20H29N3O3S2. The van der Waals surface area contributed by atoms with Gasteiger partial charge in [-0.2, -0.15) is 0 Å². The minimum absolute atomic E-state index is 0.0000865. The molecule has 3 rings (SSSR count). The first-order chi connectivity index (χ1) is 13.4. The lowest BCUT2D eigenvalue weighted by Gasteiger charge is -2.17. The summed E-state index contributed by atoms with van der Waals surface area (Å²) in [6, 6.07) is 0.114. The molecule has 1 N–H and O–H groups in total. The quantitative estimate of drug-likeness (QED) is 0.521. The number of carbonyl (C=O) groups is 1. The van der Waals surface area contributed by atoms with E-state index in [0.29, 0.717) is 24.2 Å². The fourth-order valence-electron chi connectivity index (χ4n) is 3.30. The SMILES string of the molecule is COCCn1c(SCC(=O)N[C@H](C)C(C)C)nc2sc3c(c2c1=O)CCCC3. The lowest BCUT2D eigenvalue weighted by atomic mass is 9.97. The van der Waals surface area contributed by atoms with E-state index in [1.54, 1.807) is 23.0 Å². The van der Waals surface area contributed by atoms with Crippen LogP contribution in [0.5, 0.6) is 0 Å². The predicted molar refractivity (Wildman–Crippen MR) is 116 cm³/mol. The highest BCUT2D eigenvalue weighted by atomic mass is 32.2. The lowest BCUT2D eigenvalue weighted by Crippen LogP contribution is -2.37. The van der Waals surface area contributed by atoms with E-state index in [1.807, 2.05) is 6.92 Å². The van der Waals surface area contributed by atoms with Crippen molar-refractivity contribution in [3.63, 3.8) is 0 Å². The highest BCUT2D eigenvalue weighted by Gasteiger charge is 2.22. The highest BCUT2D eigenvalue weighted by Crippen LogP contribution is 2.34. The molecule has 0 radical (unpaired) electrons. The van der Waals surface area contributed by atoms with E-state index in [0.717, 1.165) is 29.5 Å². The average molecular weight is 424 g/mol. The smallest absolute Gasteiger partial charge is 0.263 e. The number of methoxy groups -OCH3 is 1. The van der Waals surface area contributed by atoms with E-state index in [-0.39, 0.29) is 23.3 Å². The first kappa shape index (κ1) is 21.3. The molecule has 28 heavy (non-hydrogen) atoms. The van der Waals surface area contributed by atoms with Gasteiger partial charge in [-0.05, 0) is 44.1 Å². The second kappa shape index (κ2) is 9.41. The summed E-state index contributed by atoms with van der Waals surface area (Å²) >= 11 is 2.97. The van der Waals surface area contributed by atoms with Gasteiger partial charge < -0.3 is 10.1 Å². The number of amides is 1. The van der Waals surface area contributed by atoms with Crippen molar-refractivity contribution in [3.05, 3.63) is 20.8 Å². The number of hydrogen-bond donors (Lipinski definition) is 1. The second-order valence-electron chi connectivity index (χ2n) is 7.62. The minimum atomic E-state index is -0.0377. The van der Waals surface area contributed by atoms with Crippen LogP contribution in [0.15, 0.2) is 9.95 Å². The van der Waals surface area contributed by atoms with E-state index >= 15 is 0 Å². The van der Waals surface area contributed by atoms with Crippen LogP contribution in [0.3, 0.4) is 0 Å². The Labute approximate surface area is 174 Å². The fourth-order valence-corrected chi connectivity index (χ4v) is 5.44. The standard InChI is InChI=1S/C20H29N3O3S2/c1-12(2)13(3)21-16(24)11-27-20-22-18-17(19(25)23(20)9-10-26-4)14-7-5-6-8-15(14)28-18/h12-13H,5-11H2,1-4H3,(H,21,24)/t13-/m1/s1. The number of aryl methyl sites for hydroxylation is 2. The second-order valence-corrected chi connectivity index (χ2v) is 9.65. The average Bonchev–Trinajstić information content (AvgIpc) is 3.04. The maximum Gasteiger partial charge on any atom is 0.263 e. The fraction of sp³-hybridized carbons (Fsp3) is 0.650. The van der Waals surface area contributed by atoms with Crippen molar-refractivity contribution in [3.8, 4) is 0 Å². The molecule has 0 aromatic carbocycles. The van der Waals surface area contributed by atoms with Crippen molar-refractivity contribution in [2.45, 2.75) is 64.2 Å². The number of thiophene rings is 1. The minimum Gasteiger partial charge on any atom is -0.383 e. The number of nitrogens with zero attached hydrogens (tertiary/aromatic N) is 2. The molecule has 0 bridgehead atoms. The number of fused-ring (bicyclic) bond motifs is 3. The Bertz CT molecular complexity index is 904. The van der Waals surface area contributed by atoms with Crippen LogP contribution in [0.25, 0.3) is 10.2 Å². The first-order valence-electron chi connectivity index (χ1n) is 9.88. The summed E-state index contributed by atoms with van der Waals surface area (Å²) in [5, 5.41) is 4.38. The molecule has 1 amide bonds. The molecule has 0 aliphatic heterocycles. The van der Waals surface area contributed by atoms with Gasteiger partial charge in [0, 0.05) is 18.0 Å². The van der Waals surface area contributed by atoms with Crippen LogP contribution in [-0.2, 0) is 28.9 Å². The van der Waals surface area contributed by atoms with E-state index in [9.17, 15) is 9.59 Å². The predicted octanol–water partition coefficient (Wildman–Crippen LogP) is 3.24. The molecule has 2 aromatic heterocycles. The molecule has 2 aromatic rings. The van der Waals surface area contributed by atoms with Crippen LogP contribution in [0, 0.1) is 5.92 Å². The van der Waals surface area contributed by atoms with E-state index in [2.05, 4.69) is 19.2 Å². The molecule has 1 aliphatic rings. The molecular weight excluding hydrogens is 394 g/mol. The van der Waals surface area contributed by atoms with Crippen molar-refractivity contribution >= 4 is 39.2 Å². The molecule has 154 valence electrons. The van der Waals surface area contributed by atoms with Crippen molar-refractivity contribution in [2.24, 2.45) is 5.92 Å². The Morgan fingerprint density at radius 2 is 2.07 bits per heavy atom. The monoisotopic (exact) mass is 423 g/mol. The Morgan fingerprint density at radius 1 is 1.32 bits per heavy atom. The normalized spacial score (nSPS) is 15.0. The van der Waals surface area contributed by atoms with Crippen molar-refractivity contribution in [1.29, 1.82) is 0 Å². The van der Waals surface area contributed by atoms with Gasteiger partial charge in [-0.1, -0.05) is 25.6 Å². The van der Waals surface area contributed by atoms with Gasteiger partial charge >= 0.3 is 0 Å². The summed E-state index contributed by atoms with van der Waals surface area (Å²) in [5.41, 5.74) is 1.19. The molecule has 1 aliphatic carbocycles. The number of rotatable bonds is 8. The summed E-state index contributed by atoms with van der Waals surface area (Å²) in [5.74, 6) is 0.581. The zero-order chi connectivity index (χ0) is 20.3. The van der Waals surface area contributed by atoms with Crippen LogP contribution < -0.4 is 10.9 Å². The van der Waals surface area contributed by atoms with E-state index in [4.69, 9.17) is 9.72 Å². The summed E-state index contributed by atoms with van der Waals surface area (Å²) in [7, 11) is 1.62. The Morgan fingerprint density at radius 3 is 2.79 bits per heavy atom. The first-order valence-corrected chi connectivity index (χ1v) is 11.7. The van der Waals surface area contributed by atoms with Crippen molar-refractivity contribution < 1.29 is 9.53 Å². The van der Waals surface area contributed by atoms with E-state index < -0.39 is 0 Å². The third-order valence-corrected chi connectivity index (χ3v) is 7.44. The van der Waals surface area contributed by atoms with Crippen LogP contribution >= 0.6 is 23.1 Å². The summed E-state index contributed by atoms with van der Waals surface area (Å²) in [4.78, 5) is 32.5. The van der Waals surface area contributed by atoms with E-state index in [1.165, 1.54) is 28.6 Å². The van der Waals surface area contributed by atoms with Crippen molar-refractivity contribution in [1.82, 2.24) is 14.9 Å². The summed E-state index contributed by atoms with van der Waals surface area (Å²) < 4.78 is 6.87. The zero-order valence-corrected chi connectivity index (χ0v) is 18.7. The molecule has 0 fully saturated rings. The molecule has 6 nitrogen and oxygen atoms in total. The number of thioether (sulfide) groups is 1. The Balaban J connectivity index is 1.89. The number of nitrogens with one attached hydrogen (secondary N) is 1. The molecule has 0 spiro atoms. The van der Waals surface area contributed by atoms with Gasteiger partial charge in [0.1, 0.15) is 4.83 Å². The topological polar surface area (TPSA) is 73.2 Å². The lowest BCUT2D eigenvalue weighted by molar-refractivity contribution is -0.119. The van der Waals surface area contributed by atoms with Gasteiger partial charge in [0.2, 0.25) is 5.91 Å². The highest BCUT2D eigenvalue weighted by molar-refractivity contribution is 7.99. The molecule has 2 heterocycles. The molecule has 0 unspecified atom stereocenters.